The van der Waals surface area contributed by atoms with Crippen molar-refractivity contribution in [1.82, 2.24) is 9.59 Å². The van der Waals surface area contributed by atoms with E-state index in [9.17, 15) is 14.9 Å². The summed E-state index contributed by atoms with van der Waals surface area (Å²) in [6.45, 7) is 0. The average molecular weight is 265 g/mol. The van der Waals surface area contributed by atoms with E-state index >= 15 is 0 Å². The molecular weight excluding hydrogens is 258 g/mol. The third-order valence-corrected chi connectivity index (χ3v) is 2.70. The first-order valence-corrected chi connectivity index (χ1v) is 5.48. The second-order valence-electron chi connectivity index (χ2n) is 3.23. The van der Waals surface area contributed by atoms with Gasteiger partial charge in [-0.25, -0.2) is 0 Å². The van der Waals surface area contributed by atoms with Gasteiger partial charge in [-0.05, 0) is 6.07 Å². The van der Waals surface area contributed by atoms with Gasteiger partial charge in [0, 0.05) is 17.6 Å². The molecule has 1 aromatic carbocycles. The van der Waals surface area contributed by atoms with Crippen molar-refractivity contribution in [3.63, 3.8) is 0 Å². The Bertz CT molecular complexity index is 598. The van der Waals surface area contributed by atoms with Crippen LogP contribution in [0, 0.1) is 10.1 Å². The fraction of sp³-hybridized carbons (Fsp3) is 0. The topological polar surface area (TPSA) is 124 Å². The van der Waals surface area contributed by atoms with Crippen LogP contribution in [-0.4, -0.2) is 20.4 Å². The highest BCUT2D eigenvalue weighted by Gasteiger charge is 2.19. The summed E-state index contributed by atoms with van der Waals surface area (Å²) in [5.74, 6) is -0.540. The molecule has 1 aromatic heterocycles. The summed E-state index contributed by atoms with van der Waals surface area (Å²) in [4.78, 5) is 21.9. The van der Waals surface area contributed by atoms with Crippen LogP contribution in [-0.2, 0) is 0 Å². The third-order valence-electron chi connectivity index (χ3n) is 2.12. The van der Waals surface area contributed by atoms with Crippen LogP contribution < -0.4 is 11.1 Å². The SMILES string of the molecule is Nc1c(C(=O)Nc2cnns2)cccc1[N+](=O)[O-]. The average Bonchev–Trinajstić information content (AvgIpc) is 2.81. The molecule has 3 N–H and O–H groups in total. The Balaban J connectivity index is 2.31. The Labute approximate surface area is 105 Å². The number of nitro groups is 1. The lowest BCUT2D eigenvalue weighted by molar-refractivity contribution is -0.383. The van der Waals surface area contributed by atoms with Gasteiger partial charge in [0.2, 0.25) is 0 Å². The molecule has 0 radical (unpaired) electrons. The van der Waals surface area contributed by atoms with Crippen LogP contribution in [0.3, 0.4) is 0 Å². The molecule has 0 aliphatic carbocycles. The predicted molar refractivity (Wildman–Crippen MR) is 65.4 cm³/mol. The minimum absolute atomic E-state index is 0.0394. The minimum Gasteiger partial charge on any atom is -0.393 e. The molecule has 2 rings (SSSR count). The van der Waals surface area contributed by atoms with E-state index in [1.165, 1.54) is 24.4 Å². The molecule has 0 atom stereocenters. The molecule has 18 heavy (non-hydrogen) atoms. The normalized spacial score (nSPS) is 10.0. The largest absolute Gasteiger partial charge is 0.393 e. The van der Waals surface area contributed by atoms with Crippen LogP contribution in [0.25, 0.3) is 0 Å². The number of benzene rings is 1. The number of nitrogen functional groups attached to an aromatic ring is 1. The van der Waals surface area contributed by atoms with Gasteiger partial charge in [-0.2, -0.15) is 0 Å². The molecule has 92 valence electrons. The van der Waals surface area contributed by atoms with E-state index in [4.69, 9.17) is 5.73 Å². The van der Waals surface area contributed by atoms with Crippen molar-refractivity contribution in [2.45, 2.75) is 0 Å². The maximum absolute atomic E-state index is 11.8. The summed E-state index contributed by atoms with van der Waals surface area (Å²) < 4.78 is 3.57. The molecule has 0 aliphatic rings. The van der Waals surface area contributed by atoms with E-state index in [-0.39, 0.29) is 16.9 Å². The van der Waals surface area contributed by atoms with Gasteiger partial charge in [0.15, 0.2) is 0 Å². The van der Waals surface area contributed by atoms with Crippen molar-refractivity contribution in [1.29, 1.82) is 0 Å². The van der Waals surface area contributed by atoms with E-state index < -0.39 is 10.8 Å². The summed E-state index contributed by atoms with van der Waals surface area (Å²) in [5, 5.41) is 17.2. The highest BCUT2D eigenvalue weighted by Crippen LogP contribution is 2.25. The Hall–Kier alpha value is -2.55. The van der Waals surface area contributed by atoms with Gasteiger partial charge < -0.3 is 11.1 Å². The molecule has 0 saturated carbocycles. The Morgan fingerprint density at radius 2 is 2.28 bits per heavy atom. The molecular formula is C9H7N5O3S. The number of carbonyl (C=O) groups excluding carboxylic acids is 1. The summed E-state index contributed by atoms with van der Waals surface area (Å²) in [6.07, 6.45) is 1.37. The van der Waals surface area contributed by atoms with Gasteiger partial charge in [-0.3, -0.25) is 14.9 Å². The molecule has 0 saturated heterocycles. The number of nitrogens with two attached hydrogens (primary N) is 1. The molecule has 1 amide bonds. The summed E-state index contributed by atoms with van der Waals surface area (Å²) in [6, 6.07) is 4.04. The zero-order valence-electron chi connectivity index (χ0n) is 8.86. The number of carbonyl (C=O) groups is 1. The lowest BCUT2D eigenvalue weighted by atomic mass is 10.1. The quantitative estimate of drug-likeness (QED) is 0.489. The standard InChI is InChI=1S/C9H7N5O3S/c10-8-5(2-1-3-6(8)14(16)17)9(15)12-7-4-11-13-18-7/h1-4H,10H2,(H,12,15). The van der Waals surface area contributed by atoms with Crippen molar-refractivity contribution in [2.24, 2.45) is 0 Å². The van der Waals surface area contributed by atoms with Crippen LogP contribution in [0.2, 0.25) is 0 Å². The number of nitro benzene ring substituents is 1. The lowest BCUT2D eigenvalue weighted by Crippen LogP contribution is -2.14. The zero-order chi connectivity index (χ0) is 13.1. The maximum Gasteiger partial charge on any atom is 0.292 e. The summed E-state index contributed by atoms with van der Waals surface area (Å²) in [5.41, 5.74) is 5.15. The number of hydrogen-bond donors (Lipinski definition) is 2. The summed E-state index contributed by atoms with van der Waals surface area (Å²) in [7, 11) is 0. The monoisotopic (exact) mass is 265 g/mol. The van der Waals surface area contributed by atoms with Crippen LogP contribution >= 0.6 is 11.5 Å². The molecule has 0 aliphatic heterocycles. The number of nitrogens with zero attached hydrogens (tertiary/aromatic N) is 3. The lowest BCUT2D eigenvalue weighted by Gasteiger charge is -2.05. The van der Waals surface area contributed by atoms with Crippen molar-refractivity contribution in [3.8, 4) is 0 Å². The van der Waals surface area contributed by atoms with Crippen molar-refractivity contribution >= 4 is 33.8 Å². The number of para-hydroxylation sites is 1. The first-order chi connectivity index (χ1) is 8.59. The van der Waals surface area contributed by atoms with Crippen molar-refractivity contribution < 1.29 is 9.72 Å². The number of anilines is 2. The highest BCUT2D eigenvalue weighted by atomic mass is 32.1. The van der Waals surface area contributed by atoms with Crippen LogP contribution in [0.4, 0.5) is 16.4 Å². The number of amides is 1. The first kappa shape index (κ1) is 11.9. The zero-order valence-corrected chi connectivity index (χ0v) is 9.68. The first-order valence-electron chi connectivity index (χ1n) is 4.71. The molecule has 2 aromatic rings. The van der Waals surface area contributed by atoms with E-state index in [2.05, 4.69) is 14.9 Å². The molecule has 0 bridgehead atoms. The number of hydrogen-bond acceptors (Lipinski definition) is 7. The molecule has 0 fully saturated rings. The number of rotatable bonds is 3. The van der Waals surface area contributed by atoms with Crippen LogP contribution in [0.5, 0.6) is 0 Å². The van der Waals surface area contributed by atoms with E-state index in [1.807, 2.05) is 0 Å². The Morgan fingerprint density at radius 3 is 2.89 bits per heavy atom. The fourth-order valence-electron chi connectivity index (χ4n) is 1.31. The van der Waals surface area contributed by atoms with Gasteiger partial charge in [-0.1, -0.05) is 10.6 Å². The molecule has 0 unspecified atom stereocenters. The van der Waals surface area contributed by atoms with Crippen molar-refractivity contribution in [3.05, 3.63) is 40.1 Å². The Morgan fingerprint density at radius 1 is 1.50 bits per heavy atom. The van der Waals surface area contributed by atoms with E-state index in [0.29, 0.717) is 5.00 Å². The molecule has 1 heterocycles. The third kappa shape index (κ3) is 2.25. The fourth-order valence-corrected chi connectivity index (χ4v) is 1.73. The minimum atomic E-state index is -0.639. The molecule has 0 spiro atoms. The Kier molecular flexibility index (Phi) is 3.15. The number of aromatic nitrogens is 2. The van der Waals surface area contributed by atoms with Crippen LogP contribution in [0.15, 0.2) is 24.4 Å². The maximum atomic E-state index is 11.8. The van der Waals surface area contributed by atoms with Gasteiger partial charge >= 0.3 is 0 Å². The highest BCUT2D eigenvalue weighted by molar-refractivity contribution is 7.10. The van der Waals surface area contributed by atoms with Gasteiger partial charge in [0.05, 0.1) is 16.7 Å². The molecule has 8 nitrogen and oxygen atoms in total. The van der Waals surface area contributed by atoms with Gasteiger partial charge in [0.25, 0.3) is 11.6 Å². The summed E-state index contributed by atoms with van der Waals surface area (Å²) >= 11 is 0.995. The predicted octanol–water partition coefficient (Wildman–Crippen LogP) is 1.28. The smallest absolute Gasteiger partial charge is 0.292 e. The second kappa shape index (κ2) is 4.75. The molecule has 9 heteroatoms. The van der Waals surface area contributed by atoms with E-state index in [1.54, 1.807) is 0 Å². The van der Waals surface area contributed by atoms with Crippen LogP contribution in [0.1, 0.15) is 10.4 Å². The van der Waals surface area contributed by atoms with E-state index in [0.717, 1.165) is 11.5 Å². The van der Waals surface area contributed by atoms with Crippen molar-refractivity contribution in [2.75, 3.05) is 11.1 Å². The van der Waals surface area contributed by atoms with Gasteiger partial charge in [0.1, 0.15) is 10.7 Å². The second-order valence-corrected chi connectivity index (χ2v) is 4.02. The number of nitrogens with one attached hydrogen (secondary N) is 1. The van der Waals surface area contributed by atoms with Gasteiger partial charge in [-0.15, -0.1) is 5.10 Å².